The summed E-state index contributed by atoms with van der Waals surface area (Å²) in [6, 6.07) is 4.32. The molecule has 2 aromatic rings. The topological polar surface area (TPSA) is 69.3 Å². The number of benzene rings is 1. The third-order valence-corrected chi connectivity index (χ3v) is 6.13. The van der Waals surface area contributed by atoms with Gasteiger partial charge in [-0.3, -0.25) is 14.5 Å². The number of carbonyl (C=O) groups is 1. The molecule has 29 heavy (non-hydrogen) atoms. The summed E-state index contributed by atoms with van der Waals surface area (Å²) in [4.78, 5) is 34.1. The number of aromatic nitrogens is 2. The standard InChI is InChI=1S/C21H24F2N4O2/c22-17-3-1-2-16(20(17)23)12-26-7-4-14(5-8-26)15-6-9-27(13-15)21(29)18-10-25-19(28)11-24-18/h1-3,10-11,14-15H,4-9,12-13H2,(H,25,28). The number of nitrogens with zero attached hydrogens (tertiary/aromatic N) is 3. The Morgan fingerprint density at radius 1 is 1.14 bits per heavy atom. The van der Waals surface area contributed by atoms with Crippen LogP contribution in [0.2, 0.25) is 0 Å². The van der Waals surface area contributed by atoms with Crippen LogP contribution in [0.1, 0.15) is 35.3 Å². The molecule has 1 unspecified atom stereocenters. The first-order valence-electron chi connectivity index (χ1n) is 10.0. The highest BCUT2D eigenvalue weighted by Gasteiger charge is 2.34. The zero-order chi connectivity index (χ0) is 20.4. The van der Waals surface area contributed by atoms with Gasteiger partial charge in [0.15, 0.2) is 11.6 Å². The highest BCUT2D eigenvalue weighted by atomic mass is 19.2. The maximum absolute atomic E-state index is 13.9. The fourth-order valence-corrected chi connectivity index (χ4v) is 4.47. The third-order valence-electron chi connectivity index (χ3n) is 6.13. The van der Waals surface area contributed by atoms with Crippen LogP contribution in [0, 0.1) is 23.5 Å². The molecule has 3 heterocycles. The molecule has 6 nitrogen and oxygen atoms in total. The molecule has 8 heteroatoms. The van der Waals surface area contributed by atoms with Gasteiger partial charge in [0.2, 0.25) is 0 Å². The fourth-order valence-electron chi connectivity index (χ4n) is 4.47. The fraction of sp³-hybridized carbons (Fsp3) is 0.476. The quantitative estimate of drug-likeness (QED) is 0.853. The summed E-state index contributed by atoms with van der Waals surface area (Å²) < 4.78 is 27.3. The summed E-state index contributed by atoms with van der Waals surface area (Å²) in [6.07, 6.45) is 5.42. The Hall–Kier alpha value is -2.61. The second-order valence-electron chi connectivity index (χ2n) is 7.92. The van der Waals surface area contributed by atoms with Crippen molar-refractivity contribution in [2.24, 2.45) is 11.8 Å². The van der Waals surface area contributed by atoms with Crippen molar-refractivity contribution in [2.75, 3.05) is 26.2 Å². The van der Waals surface area contributed by atoms with E-state index in [1.54, 1.807) is 17.0 Å². The number of aromatic amines is 1. The highest BCUT2D eigenvalue weighted by molar-refractivity contribution is 5.92. The first-order chi connectivity index (χ1) is 14.0. The monoisotopic (exact) mass is 402 g/mol. The van der Waals surface area contributed by atoms with E-state index in [4.69, 9.17) is 0 Å². The van der Waals surface area contributed by atoms with Gasteiger partial charge in [-0.05, 0) is 50.3 Å². The van der Waals surface area contributed by atoms with Crippen molar-refractivity contribution in [3.8, 4) is 0 Å². The average molecular weight is 402 g/mol. The van der Waals surface area contributed by atoms with E-state index in [1.807, 2.05) is 0 Å². The molecule has 1 aromatic heterocycles. The largest absolute Gasteiger partial charge is 0.337 e. The molecule has 1 amide bonds. The summed E-state index contributed by atoms with van der Waals surface area (Å²) in [7, 11) is 0. The molecule has 0 bridgehead atoms. The summed E-state index contributed by atoms with van der Waals surface area (Å²) in [5.74, 6) is -0.747. The average Bonchev–Trinajstić information content (AvgIpc) is 3.22. The number of hydrogen-bond donors (Lipinski definition) is 1. The summed E-state index contributed by atoms with van der Waals surface area (Å²) in [6.45, 7) is 3.49. The van der Waals surface area contributed by atoms with Crippen LogP contribution in [0.4, 0.5) is 8.78 Å². The lowest BCUT2D eigenvalue weighted by molar-refractivity contribution is 0.0766. The number of rotatable bonds is 4. The van der Waals surface area contributed by atoms with Gasteiger partial charge in [-0.1, -0.05) is 12.1 Å². The van der Waals surface area contributed by atoms with Crippen LogP contribution < -0.4 is 5.56 Å². The van der Waals surface area contributed by atoms with Crippen LogP contribution >= 0.6 is 0 Å². The first-order valence-corrected chi connectivity index (χ1v) is 10.0. The van der Waals surface area contributed by atoms with Gasteiger partial charge in [0.1, 0.15) is 5.69 Å². The summed E-state index contributed by atoms with van der Waals surface area (Å²) in [5.41, 5.74) is 0.331. The van der Waals surface area contributed by atoms with Gasteiger partial charge in [0.25, 0.3) is 11.5 Å². The Bertz CT molecular complexity index is 920. The van der Waals surface area contributed by atoms with Crippen molar-refractivity contribution in [3.05, 3.63) is 63.8 Å². The van der Waals surface area contributed by atoms with E-state index in [-0.39, 0.29) is 17.2 Å². The number of halogens is 2. The molecule has 0 aliphatic carbocycles. The van der Waals surface area contributed by atoms with Crippen LogP contribution in [0.5, 0.6) is 0 Å². The molecular formula is C21H24F2N4O2. The van der Waals surface area contributed by atoms with Crippen molar-refractivity contribution in [1.29, 1.82) is 0 Å². The van der Waals surface area contributed by atoms with Gasteiger partial charge in [-0.15, -0.1) is 0 Å². The van der Waals surface area contributed by atoms with Crippen LogP contribution in [0.25, 0.3) is 0 Å². The molecule has 2 fully saturated rings. The Morgan fingerprint density at radius 2 is 1.90 bits per heavy atom. The van der Waals surface area contributed by atoms with Crippen LogP contribution in [0.15, 0.2) is 35.4 Å². The SMILES string of the molecule is O=C(c1c[nH]c(=O)cn1)N1CCC(C2CCN(Cc3cccc(F)c3F)CC2)C1. The molecular weight excluding hydrogens is 378 g/mol. The van der Waals surface area contributed by atoms with E-state index in [0.29, 0.717) is 37.0 Å². The lowest BCUT2D eigenvalue weighted by Crippen LogP contribution is -2.37. The zero-order valence-electron chi connectivity index (χ0n) is 16.1. The number of H-pyrrole nitrogens is 1. The highest BCUT2D eigenvalue weighted by Crippen LogP contribution is 2.32. The molecule has 2 aliphatic rings. The van der Waals surface area contributed by atoms with E-state index in [2.05, 4.69) is 14.9 Å². The number of nitrogens with one attached hydrogen (secondary N) is 1. The molecule has 2 aliphatic heterocycles. The molecule has 0 spiro atoms. The zero-order valence-corrected chi connectivity index (χ0v) is 16.1. The Labute approximate surface area is 167 Å². The van der Waals surface area contributed by atoms with E-state index < -0.39 is 11.6 Å². The lowest BCUT2D eigenvalue weighted by Gasteiger charge is -2.34. The van der Waals surface area contributed by atoms with Crippen molar-refractivity contribution < 1.29 is 13.6 Å². The van der Waals surface area contributed by atoms with Gasteiger partial charge in [-0.2, -0.15) is 0 Å². The maximum atomic E-state index is 13.9. The predicted molar refractivity (Wildman–Crippen MR) is 103 cm³/mol. The minimum Gasteiger partial charge on any atom is -0.337 e. The van der Waals surface area contributed by atoms with E-state index in [0.717, 1.165) is 44.6 Å². The Kier molecular flexibility index (Phi) is 5.71. The Morgan fingerprint density at radius 3 is 2.62 bits per heavy atom. The molecule has 1 atom stereocenters. The number of carbonyl (C=O) groups excluding carboxylic acids is 1. The smallest absolute Gasteiger partial charge is 0.273 e. The third kappa shape index (κ3) is 4.37. The second kappa shape index (κ2) is 8.41. The minimum atomic E-state index is -0.801. The first kappa shape index (κ1) is 19.7. The minimum absolute atomic E-state index is 0.150. The number of amides is 1. The second-order valence-corrected chi connectivity index (χ2v) is 7.92. The number of hydrogen-bond acceptors (Lipinski definition) is 4. The molecule has 2 saturated heterocycles. The summed E-state index contributed by atoms with van der Waals surface area (Å²) in [5, 5.41) is 0. The maximum Gasteiger partial charge on any atom is 0.273 e. The van der Waals surface area contributed by atoms with Gasteiger partial charge >= 0.3 is 0 Å². The molecule has 1 N–H and O–H groups in total. The van der Waals surface area contributed by atoms with Crippen molar-refractivity contribution in [2.45, 2.75) is 25.8 Å². The molecule has 0 radical (unpaired) electrons. The van der Waals surface area contributed by atoms with Gasteiger partial charge in [0.05, 0.1) is 6.20 Å². The van der Waals surface area contributed by atoms with Crippen molar-refractivity contribution in [3.63, 3.8) is 0 Å². The van der Waals surface area contributed by atoms with Crippen molar-refractivity contribution in [1.82, 2.24) is 19.8 Å². The van der Waals surface area contributed by atoms with E-state index >= 15 is 0 Å². The molecule has 0 saturated carbocycles. The van der Waals surface area contributed by atoms with Gasteiger partial charge in [-0.25, -0.2) is 13.8 Å². The normalized spacial score (nSPS) is 20.9. The van der Waals surface area contributed by atoms with Crippen LogP contribution in [-0.2, 0) is 6.54 Å². The molecule has 154 valence electrons. The van der Waals surface area contributed by atoms with Crippen LogP contribution in [0.3, 0.4) is 0 Å². The Balaban J connectivity index is 1.29. The predicted octanol–water partition coefficient (Wildman–Crippen LogP) is 2.42. The molecule has 1 aromatic carbocycles. The lowest BCUT2D eigenvalue weighted by atomic mass is 9.83. The van der Waals surface area contributed by atoms with E-state index in [9.17, 15) is 18.4 Å². The summed E-state index contributed by atoms with van der Waals surface area (Å²) >= 11 is 0. The number of likely N-dealkylation sites (tertiary alicyclic amines) is 2. The van der Waals surface area contributed by atoms with E-state index in [1.165, 1.54) is 6.20 Å². The van der Waals surface area contributed by atoms with Crippen molar-refractivity contribution >= 4 is 5.91 Å². The van der Waals surface area contributed by atoms with Gasteiger partial charge < -0.3 is 9.88 Å². The van der Waals surface area contributed by atoms with Crippen LogP contribution in [-0.4, -0.2) is 51.9 Å². The molecule has 4 rings (SSSR count). The number of piperidine rings is 1. The van der Waals surface area contributed by atoms with Gasteiger partial charge in [0, 0.05) is 31.4 Å².